The van der Waals surface area contributed by atoms with Gasteiger partial charge in [-0.2, -0.15) is 13.2 Å². The summed E-state index contributed by atoms with van der Waals surface area (Å²) in [6.45, 7) is 0.797. The molecule has 0 aromatic heterocycles. The number of alkyl halides is 3. The van der Waals surface area contributed by atoms with Gasteiger partial charge in [0.05, 0.1) is 5.56 Å². The highest BCUT2D eigenvalue weighted by molar-refractivity contribution is 9.10. The minimum absolute atomic E-state index is 0.0997. The highest BCUT2D eigenvalue weighted by Crippen LogP contribution is 2.36. The number of hydrogen-bond donors (Lipinski definition) is 2. The molecule has 2 N–H and O–H groups in total. The first-order chi connectivity index (χ1) is 12.0. The van der Waals surface area contributed by atoms with Crippen LogP contribution in [-0.4, -0.2) is 23.2 Å². The molecule has 9 heteroatoms. The van der Waals surface area contributed by atoms with Gasteiger partial charge in [-0.25, -0.2) is 0 Å². The van der Waals surface area contributed by atoms with Gasteiger partial charge in [-0.15, -0.1) is 0 Å². The first kappa shape index (κ1) is 20.5. The van der Waals surface area contributed by atoms with E-state index >= 15 is 0 Å². The molecular weight excluding hydrogens is 439 g/mol. The summed E-state index contributed by atoms with van der Waals surface area (Å²) >= 11 is 8.56. The number of benzene rings is 2. The van der Waals surface area contributed by atoms with Gasteiger partial charge in [0.15, 0.2) is 5.60 Å². The summed E-state index contributed by atoms with van der Waals surface area (Å²) in [5.41, 5.74) is -3.00. The summed E-state index contributed by atoms with van der Waals surface area (Å²) in [5.74, 6) is -0.521. The molecule has 2 rings (SSSR count). The Labute approximate surface area is 161 Å². The first-order valence-electron chi connectivity index (χ1n) is 7.28. The molecule has 2 aromatic rings. The van der Waals surface area contributed by atoms with Crippen LogP contribution < -0.4 is 10.1 Å². The zero-order chi connectivity index (χ0) is 19.5. The Kier molecular flexibility index (Phi) is 6.21. The van der Waals surface area contributed by atoms with Crippen molar-refractivity contribution in [2.75, 3.05) is 11.9 Å². The average molecular weight is 453 g/mol. The van der Waals surface area contributed by atoms with Crippen LogP contribution in [-0.2, 0) is 11.0 Å². The molecule has 0 saturated heterocycles. The topological polar surface area (TPSA) is 58.6 Å². The summed E-state index contributed by atoms with van der Waals surface area (Å²) in [7, 11) is 0. The van der Waals surface area contributed by atoms with Crippen molar-refractivity contribution in [3.8, 4) is 5.75 Å². The third-order valence-electron chi connectivity index (χ3n) is 3.35. The molecule has 0 bridgehead atoms. The maximum atomic E-state index is 12.9. The summed E-state index contributed by atoms with van der Waals surface area (Å²) in [5, 5.41) is 13.0. The zero-order valence-corrected chi connectivity index (χ0v) is 15.7. The summed E-state index contributed by atoms with van der Waals surface area (Å²) in [6.07, 6.45) is -4.58. The van der Waals surface area contributed by atoms with Crippen LogP contribution in [0.15, 0.2) is 46.9 Å². The molecule has 1 amide bonds. The Morgan fingerprint density at radius 1 is 1.23 bits per heavy atom. The second-order valence-electron chi connectivity index (χ2n) is 5.66. The van der Waals surface area contributed by atoms with Gasteiger partial charge in [0.1, 0.15) is 12.4 Å². The van der Waals surface area contributed by atoms with Gasteiger partial charge in [-0.1, -0.05) is 27.5 Å². The minimum Gasteiger partial charge on any atom is -0.490 e. The van der Waals surface area contributed by atoms with Crippen molar-refractivity contribution in [3.63, 3.8) is 0 Å². The number of aliphatic hydroxyl groups is 1. The van der Waals surface area contributed by atoms with Crippen LogP contribution >= 0.6 is 27.5 Å². The lowest BCUT2D eigenvalue weighted by molar-refractivity contribution is -0.138. The van der Waals surface area contributed by atoms with Crippen molar-refractivity contribution in [3.05, 3.63) is 57.5 Å². The predicted molar refractivity (Wildman–Crippen MR) is 95.3 cm³/mol. The first-order valence-corrected chi connectivity index (χ1v) is 8.45. The van der Waals surface area contributed by atoms with Crippen molar-refractivity contribution >= 4 is 39.1 Å². The van der Waals surface area contributed by atoms with Crippen LogP contribution in [0.4, 0.5) is 18.9 Å². The van der Waals surface area contributed by atoms with Crippen molar-refractivity contribution in [2.45, 2.75) is 18.7 Å². The third-order valence-corrected chi connectivity index (χ3v) is 4.30. The normalized spacial score (nSPS) is 13.8. The van der Waals surface area contributed by atoms with E-state index in [2.05, 4.69) is 21.2 Å². The fourth-order valence-electron chi connectivity index (χ4n) is 1.91. The minimum atomic E-state index is -4.58. The third kappa shape index (κ3) is 5.36. The summed E-state index contributed by atoms with van der Waals surface area (Å²) < 4.78 is 43.9. The van der Waals surface area contributed by atoms with E-state index in [4.69, 9.17) is 16.3 Å². The molecule has 1 atom stereocenters. The van der Waals surface area contributed by atoms with Gasteiger partial charge in [0.25, 0.3) is 5.91 Å². The monoisotopic (exact) mass is 451 g/mol. The van der Waals surface area contributed by atoms with Crippen LogP contribution in [0.25, 0.3) is 0 Å². The molecule has 0 aliphatic carbocycles. The predicted octanol–water partition coefficient (Wildman–Crippen LogP) is 4.89. The van der Waals surface area contributed by atoms with Crippen molar-refractivity contribution < 1.29 is 27.8 Å². The molecule has 0 heterocycles. The van der Waals surface area contributed by atoms with Gasteiger partial charge < -0.3 is 15.2 Å². The van der Waals surface area contributed by atoms with Crippen molar-refractivity contribution in [1.82, 2.24) is 0 Å². The van der Waals surface area contributed by atoms with Crippen LogP contribution in [0.3, 0.4) is 0 Å². The Morgan fingerprint density at radius 2 is 1.85 bits per heavy atom. The lowest BCUT2D eigenvalue weighted by Crippen LogP contribution is -2.45. The maximum Gasteiger partial charge on any atom is 0.417 e. The van der Waals surface area contributed by atoms with E-state index in [1.807, 2.05) is 0 Å². The SMILES string of the molecule is C[C@](O)(COc1ccc(Cl)cc1)C(=O)Nc1ccc(Br)c(C(F)(F)F)c1. The number of nitrogens with one attached hydrogen (secondary N) is 1. The Balaban J connectivity index is 2.06. The number of anilines is 1. The van der Waals surface area contributed by atoms with E-state index in [-0.39, 0.29) is 10.2 Å². The molecule has 0 radical (unpaired) electrons. The average Bonchev–Trinajstić information content (AvgIpc) is 2.55. The number of hydrogen-bond acceptors (Lipinski definition) is 3. The number of carbonyl (C=O) groups is 1. The van der Waals surface area contributed by atoms with E-state index in [0.717, 1.165) is 12.1 Å². The van der Waals surface area contributed by atoms with Gasteiger partial charge >= 0.3 is 6.18 Å². The van der Waals surface area contributed by atoms with E-state index in [9.17, 15) is 23.1 Å². The molecule has 0 saturated carbocycles. The van der Waals surface area contributed by atoms with Crippen LogP contribution in [0.1, 0.15) is 12.5 Å². The van der Waals surface area contributed by atoms with Gasteiger partial charge in [-0.3, -0.25) is 4.79 Å². The van der Waals surface area contributed by atoms with Crippen molar-refractivity contribution in [1.29, 1.82) is 0 Å². The lowest BCUT2D eigenvalue weighted by Gasteiger charge is -2.23. The molecule has 0 aliphatic rings. The van der Waals surface area contributed by atoms with E-state index in [1.54, 1.807) is 24.3 Å². The molecule has 0 unspecified atom stereocenters. The van der Waals surface area contributed by atoms with E-state index in [1.165, 1.54) is 13.0 Å². The number of ether oxygens (including phenoxy) is 1. The smallest absolute Gasteiger partial charge is 0.417 e. The number of carbonyl (C=O) groups excluding carboxylic acids is 1. The van der Waals surface area contributed by atoms with Gasteiger partial charge in [0, 0.05) is 15.2 Å². The fraction of sp³-hybridized carbons (Fsp3) is 0.235. The molecule has 0 spiro atoms. The number of halogens is 5. The molecule has 0 aliphatic heterocycles. The molecule has 2 aromatic carbocycles. The Morgan fingerprint density at radius 3 is 2.42 bits per heavy atom. The molecule has 0 fully saturated rings. The number of amides is 1. The van der Waals surface area contributed by atoms with Gasteiger partial charge in [0.2, 0.25) is 0 Å². The zero-order valence-electron chi connectivity index (χ0n) is 13.4. The van der Waals surface area contributed by atoms with Gasteiger partial charge in [-0.05, 0) is 49.4 Å². The second-order valence-corrected chi connectivity index (χ2v) is 6.95. The molecule has 4 nitrogen and oxygen atoms in total. The van der Waals surface area contributed by atoms with Crippen molar-refractivity contribution in [2.24, 2.45) is 0 Å². The Bertz CT molecular complexity index is 795. The van der Waals surface area contributed by atoms with Crippen LogP contribution in [0.5, 0.6) is 5.75 Å². The highest BCUT2D eigenvalue weighted by Gasteiger charge is 2.35. The standard InChI is InChI=1S/C17H14BrClF3NO3/c1-16(25,9-26-12-5-2-10(19)3-6-12)15(24)23-11-4-7-14(18)13(8-11)17(20,21)22/h2-8,25H,9H2,1H3,(H,23,24)/t16-/m0/s1. The second kappa shape index (κ2) is 7.85. The van der Waals surface area contributed by atoms with Crippen LogP contribution in [0.2, 0.25) is 5.02 Å². The largest absolute Gasteiger partial charge is 0.490 e. The highest BCUT2D eigenvalue weighted by atomic mass is 79.9. The lowest BCUT2D eigenvalue weighted by atomic mass is 10.1. The van der Waals surface area contributed by atoms with E-state index in [0.29, 0.717) is 10.8 Å². The molecular formula is C17H14BrClF3NO3. The quantitative estimate of drug-likeness (QED) is 0.679. The Hall–Kier alpha value is -1.77. The summed E-state index contributed by atoms with van der Waals surface area (Å²) in [4.78, 5) is 12.2. The molecule has 140 valence electrons. The number of rotatable bonds is 5. The van der Waals surface area contributed by atoms with Crippen LogP contribution in [0, 0.1) is 0 Å². The molecule has 26 heavy (non-hydrogen) atoms. The maximum absolute atomic E-state index is 12.9. The summed E-state index contributed by atoms with van der Waals surface area (Å²) in [6, 6.07) is 9.49. The fourth-order valence-corrected chi connectivity index (χ4v) is 2.50. The van der Waals surface area contributed by atoms with E-state index < -0.39 is 29.9 Å².